The second kappa shape index (κ2) is 5.13. The number of rotatable bonds is 3. The Morgan fingerprint density at radius 2 is 2.24 bits per heavy atom. The lowest BCUT2D eigenvalue weighted by molar-refractivity contribution is -0.142. The Bertz CT molecular complexity index is 794. The highest BCUT2D eigenvalue weighted by molar-refractivity contribution is 7.91. The lowest BCUT2D eigenvalue weighted by Crippen LogP contribution is -2.42. The summed E-state index contributed by atoms with van der Waals surface area (Å²) in [7, 11) is -3.97. The summed E-state index contributed by atoms with van der Waals surface area (Å²) in [6.07, 6.45) is 1.70. The van der Waals surface area contributed by atoms with E-state index in [-0.39, 0.29) is 15.8 Å². The molecule has 0 aliphatic carbocycles. The molecule has 1 unspecified atom stereocenters. The molecule has 9 heteroatoms. The van der Waals surface area contributed by atoms with Gasteiger partial charge in [-0.15, -0.1) is 11.3 Å². The zero-order chi connectivity index (χ0) is 15.2. The fourth-order valence-corrected chi connectivity index (χ4v) is 5.73. The van der Waals surface area contributed by atoms with Gasteiger partial charge in [0.15, 0.2) is 10.3 Å². The van der Waals surface area contributed by atoms with Gasteiger partial charge in [-0.1, -0.05) is 11.6 Å². The number of carbonyl (C=O) groups is 1. The zero-order valence-corrected chi connectivity index (χ0v) is 12.9. The number of sulfonamides is 1. The fraction of sp³-hybridized carbons (Fsp3) is 0.250. The summed E-state index contributed by atoms with van der Waals surface area (Å²) in [6.45, 7) is 0.0358. The molecule has 21 heavy (non-hydrogen) atoms. The van der Waals surface area contributed by atoms with Crippen molar-refractivity contribution >= 4 is 38.9 Å². The van der Waals surface area contributed by atoms with Crippen molar-refractivity contribution in [3.63, 3.8) is 0 Å². The van der Waals surface area contributed by atoms with Crippen molar-refractivity contribution in [2.45, 2.75) is 16.7 Å². The Morgan fingerprint density at radius 1 is 1.48 bits per heavy atom. The van der Waals surface area contributed by atoms with Crippen LogP contribution in [-0.2, 0) is 21.2 Å². The minimum atomic E-state index is -3.97. The molecule has 3 heterocycles. The molecule has 0 radical (unpaired) electrons. The molecule has 0 spiro atoms. The highest BCUT2D eigenvalue weighted by atomic mass is 35.5. The van der Waals surface area contributed by atoms with E-state index in [1.165, 1.54) is 18.4 Å². The van der Waals surface area contributed by atoms with Crippen molar-refractivity contribution in [1.29, 1.82) is 0 Å². The molecule has 112 valence electrons. The van der Waals surface area contributed by atoms with Gasteiger partial charge in [-0.05, 0) is 17.5 Å². The molecular formula is C12H10ClNO5S2. The molecule has 1 N–H and O–H groups in total. The fourth-order valence-electron chi connectivity index (χ4n) is 2.38. The number of halogens is 1. The van der Waals surface area contributed by atoms with Crippen LogP contribution in [0.2, 0.25) is 5.02 Å². The summed E-state index contributed by atoms with van der Waals surface area (Å²) >= 11 is 6.86. The highest BCUT2D eigenvalue weighted by Crippen LogP contribution is 2.38. The largest absolute Gasteiger partial charge is 0.480 e. The first-order valence-electron chi connectivity index (χ1n) is 5.97. The third-order valence-corrected chi connectivity index (χ3v) is 7.15. The summed E-state index contributed by atoms with van der Waals surface area (Å²) < 4.78 is 31.5. The molecule has 1 aliphatic rings. The summed E-state index contributed by atoms with van der Waals surface area (Å²) in [6, 6.07) is 1.67. The van der Waals surface area contributed by atoms with Crippen LogP contribution in [0.1, 0.15) is 17.4 Å². The van der Waals surface area contributed by atoms with Crippen molar-refractivity contribution in [1.82, 2.24) is 4.31 Å². The predicted octanol–water partition coefficient (Wildman–Crippen LogP) is 2.37. The van der Waals surface area contributed by atoms with Gasteiger partial charge in [0.05, 0.1) is 11.3 Å². The lowest BCUT2D eigenvalue weighted by Gasteiger charge is -2.31. The predicted molar refractivity (Wildman–Crippen MR) is 76.0 cm³/mol. The van der Waals surface area contributed by atoms with Crippen molar-refractivity contribution in [2.24, 2.45) is 0 Å². The maximum atomic E-state index is 12.7. The first kappa shape index (κ1) is 14.6. The molecule has 1 atom stereocenters. The van der Waals surface area contributed by atoms with Crippen LogP contribution in [-0.4, -0.2) is 30.3 Å². The monoisotopic (exact) mass is 347 g/mol. The first-order chi connectivity index (χ1) is 9.93. The van der Waals surface area contributed by atoms with Gasteiger partial charge < -0.3 is 9.52 Å². The number of hydrogen-bond acceptors (Lipinski definition) is 5. The highest BCUT2D eigenvalue weighted by Gasteiger charge is 2.43. The molecule has 1 aliphatic heterocycles. The second-order valence-corrected chi connectivity index (χ2v) is 7.87. The van der Waals surface area contributed by atoms with E-state index in [2.05, 4.69) is 0 Å². The number of fused-ring (bicyclic) bond motifs is 1. The number of carboxylic acid groups (broad SMARTS) is 1. The van der Waals surface area contributed by atoms with E-state index in [9.17, 15) is 18.3 Å². The number of thiophene rings is 1. The van der Waals surface area contributed by atoms with E-state index < -0.39 is 22.0 Å². The van der Waals surface area contributed by atoms with E-state index in [1.54, 1.807) is 5.38 Å². The molecule has 3 rings (SSSR count). The maximum absolute atomic E-state index is 12.7. The summed E-state index contributed by atoms with van der Waals surface area (Å²) in [5.74, 6) is -0.736. The van der Waals surface area contributed by atoms with E-state index in [0.29, 0.717) is 17.7 Å². The minimum absolute atomic E-state index is 0.0358. The third-order valence-electron chi connectivity index (χ3n) is 3.28. The van der Waals surface area contributed by atoms with E-state index >= 15 is 0 Å². The van der Waals surface area contributed by atoms with Gasteiger partial charge in [-0.3, -0.25) is 4.79 Å². The molecule has 0 aromatic carbocycles. The van der Waals surface area contributed by atoms with Crippen molar-refractivity contribution in [3.05, 3.63) is 40.1 Å². The van der Waals surface area contributed by atoms with Crippen LogP contribution in [0.25, 0.3) is 0 Å². The van der Waals surface area contributed by atoms with Crippen LogP contribution in [0.3, 0.4) is 0 Å². The Balaban J connectivity index is 2.10. The van der Waals surface area contributed by atoms with E-state index in [4.69, 9.17) is 16.0 Å². The van der Waals surface area contributed by atoms with Crippen LogP contribution >= 0.6 is 22.9 Å². The van der Waals surface area contributed by atoms with E-state index in [0.717, 1.165) is 15.6 Å². The second-order valence-electron chi connectivity index (χ2n) is 4.46. The normalized spacial score (nSPS) is 19.4. The van der Waals surface area contributed by atoms with Gasteiger partial charge in [0.25, 0.3) is 10.0 Å². The van der Waals surface area contributed by atoms with E-state index in [1.807, 2.05) is 0 Å². The van der Waals surface area contributed by atoms with Crippen LogP contribution in [0.5, 0.6) is 0 Å². The van der Waals surface area contributed by atoms with Crippen LogP contribution in [0, 0.1) is 0 Å². The number of nitrogens with zero attached hydrogens (tertiary/aromatic N) is 1. The van der Waals surface area contributed by atoms with Gasteiger partial charge in [0.2, 0.25) is 0 Å². The quantitative estimate of drug-likeness (QED) is 0.920. The Kier molecular flexibility index (Phi) is 3.56. The third kappa shape index (κ3) is 2.28. The first-order valence-corrected chi connectivity index (χ1v) is 8.66. The zero-order valence-electron chi connectivity index (χ0n) is 10.5. The summed E-state index contributed by atoms with van der Waals surface area (Å²) in [4.78, 5) is 11.5. The molecule has 0 saturated carbocycles. The molecule has 6 nitrogen and oxygen atoms in total. The van der Waals surface area contributed by atoms with Gasteiger partial charge in [0.1, 0.15) is 5.76 Å². The molecular weight excluding hydrogens is 338 g/mol. The number of aliphatic carboxylic acids is 1. The van der Waals surface area contributed by atoms with Gasteiger partial charge in [-0.2, -0.15) is 4.31 Å². The number of carboxylic acids is 1. The number of furan rings is 1. The van der Waals surface area contributed by atoms with Crippen LogP contribution in [0.15, 0.2) is 32.4 Å². The van der Waals surface area contributed by atoms with Crippen molar-refractivity contribution in [2.75, 3.05) is 6.54 Å². The Labute approximate surface area is 129 Å². The van der Waals surface area contributed by atoms with Crippen molar-refractivity contribution in [3.8, 4) is 0 Å². The Hall–Kier alpha value is -1.35. The molecule has 2 aromatic rings. The van der Waals surface area contributed by atoms with Gasteiger partial charge in [-0.25, -0.2) is 8.42 Å². The maximum Gasteiger partial charge on any atom is 0.326 e. The molecule has 0 fully saturated rings. The standard InChI is InChI=1S/C12H10ClNO5S2/c13-8-3-6-20-12(8)21(17,18)14-4-1-9-7(2-5-19-9)10(14)11(15)16/h2-3,5-6,10H,1,4H2,(H,15,16). The van der Waals surface area contributed by atoms with Gasteiger partial charge >= 0.3 is 5.97 Å². The minimum Gasteiger partial charge on any atom is -0.480 e. The lowest BCUT2D eigenvalue weighted by atomic mass is 10.0. The van der Waals surface area contributed by atoms with Crippen LogP contribution < -0.4 is 0 Å². The van der Waals surface area contributed by atoms with Crippen LogP contribution in [0.4, 0.5) is 0 Å². The smallest absolute Gasteiger partial charge is 0.326 e. The molecule has 0 amide bonds. The summed E-state index contributed by atoms with van der Waals surface area (Å²) in [5, 5.41) is 11.1. The average molecular weight is 348 g/mol. The topological polar surface area (TPSA) is 87.8 Å². The van der Waals surface area contributed by atoms with Crippen molar-refractivity contribution < 1.29 is 22.7 Å². The van der Waals surface area contributed by atoms with Gasteiger partial charge in [0, 0.05) is 18.5 Å². The SMILES string of the molecule is O=C(O)C1c2ccoc2CCN1S(=O)(=O)c1sccc1Cl. The summed E-state index contributed by atoms with van der Waals surface area (Å²) in [5.41, 5.74) is 0.366. The Morgan fingerprint density at radius 3 is 2.86 bits per heavy atom. The molecule has 2 aromatic heterocycles. The molecule has 0 bridgehead atoms. The number of hydrogen-bond donors (Lipinski definition) is 1. The average Bonchev–Trinajstić information content (AvgIpc) is 3.05. The molecule has 0 saturated heterocycles.